The summed E-state index contributed by atoms with van der Waals surface area (Å²) in [5.74, 6) is -0.391. The van der Waals surface area contributed by atoms with Crippen LogP contribution in [0.15, 0.2) is 0 Å². The van der Waals surface area contributed by atoms with Gasteiger partial charge in [0.05, 0.1) is 5.33 Å². The maximum atomic E-state index is 11.3. The molecule has 2 nitrogen and oxygen atoms in total. The standard InChI is InChI=1S/C9H13BrO2/c10-6-8(11)9(12)7-4-2-1-3-5-7/h7H,1-6H2. The first kappa shape index (κ1) is 9.90. The molecule has 1 aliphatic carbocycles. The average molecular weight is 233 g/mol. The Balaban J connectivity index is 2.45. The van der Waals surface area contributed by atoms with E-state index >= 15 is 0 Å². The third kappa shape index (κ3) is 2.41. The van der Waals surface area contributed by atoms with E-state index in [1.165, 1.54) is 6.42 Å². The van der Waals surface area contributed by atoms with Gasteiger partial charge in [-0.25, -0.2) is 0 Å². The molecule has 0 bridgehead atoms. The summed E-state index contributed by atoms with van der Waals surface area (Å²) < 4.78 is 0. The minimum Gasteiger partial charge on any atom is -0.291 e. The first-order chi connectivity index (χ1) is 5.75. The molecule has 0 radical (unpaired) electrons. The highest BCUT2D eigenvalue weighted by atomic mass is 79.9. The van der Waals surface area contributed by atoms with Gasteiger partial charge in [-0.3, -0.25) is 9.59 Å². The van der Waals surface area contributed by atoms with E-state index in [1.807, 2.05) is 0 Å². The zero-order valence-corrected chi connectivity index (χ0v) is 8.60. The predicted molar refractivity (Wildman–Crippen MR) is 50.4 cm³/mol. The summed E-state index contributed by atoms with van der Waals surface area (Å²) in [4.78, 5) is 22.4. The zero-order chi connectivity index (χ0) is 8.97. The summed E-state index contributed by atoms with van der Waals surface area (Å²) in [7, 11) is 0. The van der Waals surface area contributed by atoms with Crippen molar-refractivity contribution in [3.63, 3.8) is 0 Å². The van der Waals surface area contributed by atoms with Crippen molar-refractivity contribution >= 4 is 27.5 Å². The molecule has 0 amide bonds. The lowest BCUT2D eigenvalue weighted by Crippen LogP contribution is -2.26. The van der Waals surface area contributed by atoms with Crippen LogP contribution < -0.4 is 0 Å². The molecule has 0 aromatic carbocycles. The van der Waals surface area contributed by atoms with E-state index in [1.54, 1.807) is 0 Å². The second-order valence-corrected chi connectivity index (χ2v) is 3.82. The van der Waals surface area contributed by atoms with Crippen molar-refractivity contribution in [3.8, 4) is 0 Å². The van der Waals surface area contributed by atoms with Crippen molar-refractivity contribution in [1.82, 2.24) is 0 Å². The molecule has 0 unspecified atom stereocenters. The van der Waals surface area contributed by atoms with Crippen molar-refractivity contribution in [3.05, 3.63) is 0 Å². The molecule has 3 heteroatoms. The van der Waals surface area contributed by atoms with Crippen LogP contribution in [0.4, 0.5) is 0 Å². The second-order valence-electron chi connectivity index (χ2n) is 3.26. The van der Waals surface area contributed by atoms with Crippen LogP contribution in [0.3, 0.4) is 0 Å². The SMILES string of the molecule is O=C(CBr)C(=O)C1CCCCC1. The summed E-state index contributed by atoms with van der Waals surface area (Å²) in [5, 5.41) is 0.183. The van der Waals surface area contributed by atoms with E-state index in [-0.39, 0.29) is 22.8 Å². The third-order valence-corrected chi connectivity index (χ3v) is 2.88. The van der Waals surface area contributed by atoms with Gasteiger partial charge in [0.25, 0.3) is 0 Å². The van der Waals surface area contributed by atoms with Crippen molar-refractivity contribution in [2.45, 2.75) is 32.1 Å². The fourth-order valence-electron chi connectivity index (χ4n) is 1.66. The number of hydrogen-bond donors (Lipinski definition) is 0. The predicted octanol–water partition coefficient (Wildman–Crippen LogP) is 2.10. The van der Waals surface area contributed by atoms with Crippen LogP contribution in [-0.2, 0) is 9.59 Å². The highest BCUT2D eigenvalue weighted by Gasteiger charge is 2.25. The van der Waals surface area contributed by atoms with E-state index in [0.717, 1.165) is 25.7 Å². The lowest BCUT2D eigenvalue weighted by molar-refractivity contribution is -0.138. The lowest BCUT2D eigenvalue weighted by atomic mass is 9.85. The van der Waals surface area contributed by atoms with E-state index in [9.17, 15) is 9.59 Å². The van der Waals surface area contributed by atoms with Crippen molar-refractivity contribution in [2.24, 2.45) is 5.92 Å². The van der Waals surface area contributed by atoms with Gasteiger partial charge < -0.3 is 0 Å². The molecule has 1 fully saturated rings. The first-order valence-corrected chi connectivity index (χ1v) is 5.51. The maximum Gasteiger partial charge on any atom is 0.209 e. The van der Waals surface area contributed by atoms with Gasteiger partial charge in [-0.1, -0.05) is 35.2 Å². The first-order valence-electron chi connectivity index (χ1n) is 4.38. The number of halogens is 1. The Morgan fingerprint density at radius 3 is 2.25 bits per heavy atom. The summed E-state index contributed by atoms with van der Waals surface area (Å²) in [6.45, 7) is 0. The number of carbonyl (C=O) groups is 2. The molecule has 0 heterocycles. The number of ketones is 2. The average Bonchev–Trinajstić information content (AvgIpc) is 2.17. The van der Waals surface area contributed by atoms with Gasteiger partial charge in [-0.15, -0.1) is 0 Å². The van der Waals surface area contributed by atoms with Gasteiger partial charge in [0.2, 0.25) is 11.6 Å². The van der Waals surface area contributed by atoms with Crippen LogP contribution in [0.25, 0.3) is 0 Å². The minimum absolute atomic E-state index is 0.0313. The van der Waals surface area contributed by atoms with Crippen LogP contribution in [0.5, 0.6) is 0 Å². The molecular formula is C9H13BrO2. The fraction of sp³-hybridized carbons (Fsp3) is 0.778. The Labute approximate surface area is 80.8 Å². The van der Waals surface area contributed by atoms with Gasteiger partial charge in [0, 0.05) is 5.92 Å². The smallest absolute Gasteiger partial charge is 0.209 e. The van der Waals surface area contributed by atoms with Gasteiger partial charge in [0.15, 0.2) is 0 Å². The Kier molecular flexibility index (Phi) is 3.92. The molecule has 68 valence electrons. The van der Waals surface area contributed by atoms with Crippen LogP contribution in [-0.4, -0.2) is 16.9 Å². The summed E-state index contributed by atoms with van der Waals surface area (Å²) >= 11 is 3.01. The highest BCUT2D eigenvalue weighted by molar-refractivity contribution is 9.09. The minimum atomic E-state index is -0.262. The molecule has 12 heavy (non-hydrogen) atoms. The molecule has 1 aliphatic rings. The van der Waals surface area contributed by atoms with Crippen molar-refractivity contribution < 1.29 is 9.59 Å². The molecule has 0 aliphatic heterocycles. The fourth-order valence-corrected chi connectivity index (χ4v) is 1.93. The molecule has 0 atom stereocenters. The van der Waals surface area contributed by atoms with E-state index in [4.69, 9.17) is 0 Å². The van der Waals surface area contributed by atoms with Crippen LogP contribution in [0.2, 0.25) is 0 Å². The van der Waals surface area contributed by atoms with Gasteiger partial charge >= 0.3 is 0 Å². The molecular weight excluding hydrogens is 220 g/mol. The highest BCUT2D eigenvalue weighted by Crippen LogP contribution is 2.24. The second kappa shape index (κ2) is 4.75. The monoisotopic (exact) mass is 232 g/mol. The number of alkyl halides is 1. The van der Waals surface area contributed by atoms with Crippen LogP contribution >= 0.6 is 15.9 Å². The third-order valence-electron chi connectivity index (χ3n) is 2.37. The summed E-state index contributed by atoms with van der Waals surface area (Å²) in [5.41, 5.74) is 0. The Morgan fingerprint density at radius 1 is 1.17 bits per heavy atom. The maximum absolute atomic E-state index is 11.3. The number of carbonyl (C=O) groups excluding carboxylic acids is 2. The van der Waals surface area contributed by atoms with Gasteiger partial charge in [0.1, 0.15) is 0 Å². The quantitative estimate of drug-likeness (QED) is 0.552. The Morgan fingerprint density at radius 2 is 1.75 bits per heavy atom. The van der Waals surface area contributed by atoms with E-state index < -0.39 is 0 Å². The summed E-state index contributed by atoms with van der Waals surface area (Å²) in [6.07, 6.45) is 5.25. The van der Waals surface area contributed by atoms with E-state index in [0.29, 0.717) is 0 Å². The van der Waals surface area contributed by atoms with Crippen LogP contribution in [0, 0.1) is 5.92 Å². The normalized spacial score (nSPS) is 19.1. The van der Waals surface area contributed by atoms with Crippen molar-refractivity contribution in [1.29, 1.82) is 0 Å². The molecule has 1 rings (SSSR count). The molecule has 0 spiro atoms. The summed E-state index contributed by atoms with van der Waals surface area (Å²) in [6, 6.07) is 0. The van der Waals surface area contributed by atoms with Gasteiger partial charge in [-0.05, 0) is 12.8 Å². The van der Waals surface area contributed by atoms with Crippen LogP contribution in [0.1, 0.15) is 32.1 Å². The molecule has 1 saturated carbocycles. The largest absolute Gasteiger partial charge is 0.291 e. The van der Waals surface area contributed by atoms with E-state index in [2.05, 4.69) is 15.9 Å². The number of Topliss-reactive ketones (excluding diaryl/α,β-unsaturated/α-hetero) is 2. The Bertz CT molecular complexity index is 183. The molecule has 0 aromatic rings. The van der Waals surface area contributed by atoms with Gasteiger partial charge in [-0.2, -0.15) is 0 Å². The van der Waals surface area contributed by atoms with Crippen molar-refractivity contribution in [2.75, 3.05) is 5.33 Å². The molecule has 0 N–H and O–H groups in total. The lowest BCUT2D eigenvalue weighted by Gasteiger charge is -2.18. The topological polar surface area (TPSA) is 34.1 Å². The molecule has 0 aromatic heterocycles. The Hall–Kier alpha value is -0.180. The zero-order valence-electron chi connectivity index (χ0n) is 7.01. The molecule has 0 saturated heterocycles. The number of rotatable bonds is 3. The number of hydrogen-bond acceptors (Lipinski definition) is 2.